The lowest BCUT2D eigenvalue weighted by Crippen LogP contribution is -2.47. The fourth-order valence-electron chi connectivity index (χ4n) is 2.43. The second-order valence-corrected chi connectivity index (χ2v) is 5.43. The maximum atomic E-state index is 12.7. The van der Waals surface area contributed by atoms with E-state index in [4.69, 9.17) is 0 Å². The lowest BCUT2D eigenvalue weighted by Gasteiger charge is -2.31. The Morgan fingerprint density at radius 2 is 1.71 bits per heavy atom. The topological polar surface area (TPSA) is 78.4 Å². The van der Waals surface area contributed by atoms with Crippen molar-refractivity contribution < 1.29 is 19.1 Å². The van der Waals surface area contributed by atoms with Crippen molar-refractivity contribution in [1.82, 2.24) is 5.32 Å². The van der Waals surface area contributed by atoms with E-state index >= 15 is 0 Å². The maximum Gasteiger partial charge on any atom is 0.313 e. The molecule has 1 aromatic carbocycles. The number of halogens is 1. The summed E-state index contributed by atoms with van der Waals surface area (Å²) in [6.45, 7) is 0.0721. The van der Waals surface area contributed by atoms with Crippen LogP contribution in [-0.4, -0.2) is 29.1 Å². The molecule has 2 rings (SSSR count). The average molecular weight is 294 g/mol. The van der Waals surface area contributed by atoms with Crippen LogP contribution in [0.3, 0.4) is 0 Å². The van der Waals surface area contributed by atoms with Gasteiger partial charge in [-0.15, -0.1) is 0 Å². The number of benzene rings is 1. The van der Waals surface area contributed by atoms with E-state index in [1.165, 1.54) is 24.3 Å². The molecule has 1 aromatic rings. The van der Waals surface area contributed by atoms with E-state index in [0.29, 0.717) is 18.5 Å². The Labute approximate surface area is 122 Å². The molecule has 1 aliphatic rings. The molecule has 21 heavy (non-hydrogen) atoms. The molecule has 0 spiro atoms. The highest BCUT2D eigenvalue weighted by Crippen LogP contribution is 2.27. The van der Waals surface area contributed by atoms with E-state index in [9.17, 15) is 19.1 Å². The predicted molar refractivity (Wildman–Crippen MR) is 76.1 cm³/mol. The number of aliphatic hydroxyl groups is 1. The fraction of sp³-hybridized carbons (Fsp3) is 0.467. The molecule has 1 aliphatic carbocycles. The molecule has 0 bridgehead atoms. The zero-order valence-corrected chi connectivity index (χ0v) is 11.7. The molecule has 0 aromatic heterocycles. The van der Waals surface area contributed by atoms with Crippen LogP contribution in [0.15, 0.2) is 24.3 Å². The minimum Gasteiger partial charge on any atom is -0.388 e. The van der Waals surface area contributed by atoms with E-state index in [2.05, 4.69) is 10.6 Å². The SMILES string of the molecule is O=C(NCC1(O)CCCCC1)C(=O)Nc1ccc(F)cc1. The Morgan fingerprint density at radius 3 is 2.33 bits per heavy atom. The molecule has 0 atom stereocenters. The number of carbonyl (C=O) groups is 2. The van der Waals surface area contributed by atoms with Crippen molar-refractivity contribution in [3.05, 3.63) is 30.1 Å². The highest BCUT2D eigenvalue weighted by Gasteiger charge is 2.30. The average Bonchev–Trinajstić information content (AvgIpc) is 2.48. The van der Waals surface area contributed by atoms with Gasteiger partial charge in [0.05, 0.1) is 5.60 Å². The summed E-state index contributed by atoms with van der Waals surface area (Å²) in [4.78, 5) is 23.4. The summed E-state index contributed by atoms with van der Waals surface area (Å²) in [5.41, 5.74) is -0.572. The molecule has 0 saturated heterocycles. The first-order valence-electron chi connectivity index (χ1n) is 7.06. The van der Waals surface area contributed by atoms with Crippen molar-refractivity contribution in [2.75, 3.05) is 11.9 Å². The van der Waals surface area contributed by atoms with Crippen molar-refractivity contribution in [2.24, 2.45) is 0 Å². The number of hydrogen-bond donors (Lipinski definition) is 3. The zero-order valence-electron chi connectivity index (χ0n) is 11.7. The number of carbonyl (C=O) groups excluding carboxylic acids is 2. The molecule has 0 unspecified atom stereocenters. The smallest absolute Gasteiger partial charge is 0.313 e. The van der Waals surface area contributed by atoms with Gasteiger partial charge in [-0.2, -0.15) is 0 Å². The van der Waals surface area contributed by atoms with Gasteiger partial charge in [0.2, 0.25) is 0 Å². The molecular formula is C15H19FN2O3. The first kappa shape index (κ1) is 15.4. The highest BCUT2D eigenvalue weighted by atomic mass is 19.1. The van der Waals surface area contributed by atoms with Gasteiger partial charge in [-0.05, 0) is 37.1 Å². The molecular weight excluding hydrogens is 275 g/mol. The summed E-state index contributed by atoms with van der Waals surface area (Å²) in [7, 11) is 0. The number of amides is 2. The van der Waals surface area contributed by atoms with Gasteiger partial charge in [-0.3, -0.25) is 9.59 Å². The number of hydrogen-bond acceptors (Lipinski definition) is 3. The standard InChI is InChI=1S/C15H19FN2O3/c16-11-4-6-12(7-5-11)18-14(20)13(19)17-10-15(21)8-2-1-3-9-15/h4-7,21H,1-3,8-10H2,(H,17,19)(H,18,20). The quantitative estimate of drug-likeness (QED) is 0.741. The largest absolute Gasteiger partial charge is 0.388 e. The van der Waals surface area contributed by atoms with Gasteiger partial charge in [0.1, 0.15) is 5.82 Å². The van der Waals surface area contributed by atoms with Crippen molar-refractivity contribution in [3.8, 4) is 0 Å². The molecule has 0 heterocycles. The lowest BCUT2D eigenvalue weighted by molar-refractivity contribution is -0.137. The molecule has 0 aliphatic heterocycles. The van der Waals surface area contributed by atoms with Crippen LogP contribution in [0.4, 0.5) is 10.1 Å². The van der Waals surface area contributed by atoms with Gasteiger partial charge >= 0.3 is 11.8 Å². The van der Waals surface area contributed by atoms with E-state index in [1.54, 1.807) is 0 Å². The van der Waals surface area contributed by atoms with E-state index in [-0.39, 0.29) is 6.54 Å². The van der Waals surface area contributed by atoms with Crippen molar-refractivity contribution in [2.45, 2.75) is 37.7 Å². The van der Waals surface area contributed by atoms with E-state index < -0.39 is 23.2 Å². The second kappa shape index (κ2) is 6.67. The van der Waals surface area contributed by atoms with E-state index in [0.717, 1.165) is 19.3 Å². The Bertz CT molecular complexity index is 510. The molecule has 0 radical (unpaired) electrons. The van der Waals surface area contributed by atoms with Gasteiger partial charge in [-0.25, -0.2) is 4.39 Å². The first-order chi connectivity index (χ1) is 9.98. The van der Waals surface area contributed by atoms with Crippen LogP contribution in [0.5, 0.6) is 0 Å². The fourth-order valence-corrected chi connectivity index (χ4v) is 2.43. The maximum absolute atomic E-state index is 12.7. The van der Waals surface area contributed by atoms with Gasteiger partial charge in [-0.1, -0.05) is 19.3 Å². The Balaban J connectivity index is 1.82. The summed E-state index contributed by atoms with van der Waals surface area (Å²) in [5.74, 6) is -2.06. The monoisotopic (exact) mass is 294 g/mol. The van der Waals surface area contributed by atoms with Crippen molar-refractivity contribution >= 4 is 17.5 Å². The summed E-state index contributed by atoms with van der Waals surface area (Å²) < 4.78 is 12.7. The third kappa shape index (κ3) is 4.53. The summed E-state index contributed by atoms with van der Waals surface area (Å²) in [6.07, 6.45) is 4.20. The van der Waals surface area contributed by atoms with Crippen LogP contribution in [0, 0.1) is 5.82 Å². The number of nitrogens with one attached hydrogen (secondary N) is 2. The zero-order chi connectivity index (χ0) is 15.3. The van der Waals surface area contributed by atoms with Gasteiger partial charge in [0.15, 0.2) is 0 Å². The number of anilines is 1. The van der Waals surface area contributed by atoms with Crippen molar-refractivity contribution in [1.29, 1.82) is 0 Å². The van der Waals surface area contributed by atoms with Gasteiger partial charge in [0.25, 0.3) is 0 Å². The van der Waals surface area contributed by atoms with Gasteiger partial charge < -0.3 is 15.7 Å². The third-order valence-electron chi connectivity index (χ3n) is 3.67. The molecule has 6 heteroatoms. The molecule has 1 fully saturated rings. The van der Waals surface area contributed by atoms with Crippen molar-refractivity contribution in [3.63, 3.8) is 0 Å². The van der Waals surface area contributed by atoms with E-state index in [1.807, 2.05) is 0 Å². The summed E-state index contributed by atoms with van der Waals surface area (Å²) >= 11 is 0. The minimum atomic E-state index is -0.913. The molecule has 1 saturated carbocycles. The number of rotatable bonds is 3. The van der Waals surface area contributed by atoms with Crippen LogP contribution in [-0.2, 0) is 9.59 Å². The molecule has 114 valence electrons. The predicted octanol–water partition coefficient (Wildman–Crippen LogP) is 1.58. The van der Waals surface area contributed by atoms with Crippen LogP contribution in [0.2, 0.25) is 0 Å². The molecule has 5 nitrogen and oxygen atoms in total. The Hall–Kier alpha value is -1.95. The minimum absolute atomic E-state index is 0.0721. The van der Waals surface area contributed by atoms with Crippen LogP contribution < -0.4 is 10.6 Å². The third-order valence-corrected chi connectivity index (χ3v) is 3.67. The normalized spacial score (nSPS) is 17.0. The Morgan fingerprint density at radius 1 is 1.10 bits per heavy atom. The first-order valence-corrected chi connectivity index (χ1v) is 7.06. The lowest BCUT2D eigenvalue weighted by atomic mass is 9.85. The highest BCUT2D eigenvalue weighted by molar-refractivity contribution is 6.39. The second-order valence-electron chi connectivity index (χ2n) is 5.43. The van der Waals surface area contributed by atoms with Crippen LogP contribution in [0.25, 0.3) is 0 Å². The summed E-state index contributed by atoms with van der Waals surface area (Å²) in [5, 5.41) is 15.1. The Kier molecular flexibility index (Phi) is 4.90. The molecule has 3 N–H and O–H groups in total. The van der Waals surface area contributed by atoms with Crippen LogP contribution in [0.1, 0.15) is 32.1 Å². The van der Waals surface area contributed by atoms with Gasteiger partial charge in [0, 0.05) is 12.2 Å². The van der Waals surface area contributed by atoms with Crippen LogP contribution >= 0.6 is 0 Å². The molecule has 2 amide bonds. The summed E-state index contributed by atoms with van der Waals surface area (Å²) in [6, 6.07) is 5.13.